The summed E-state index contributed by atoms with van der Waals surface area (Å²) < 4.78 is 41.6. The topological polar surface area (TPSA) is 294 Å². The lowest BCUT2D eigenvalue weighted by Crippen LogP contribution is -2.68. The summed E-state index contributed by atoms with van der Waals surface area (Å²) in [5, 5.41) is 70.2. The van der Waals surface area contributed by atoms with Gasteiger partial charge < -0.3 is 65.3 Å². The molecule has 1 aliphatic heterocycles. The predicted molar refractivity (Wildman–Crippen MR) is 108 cm³/mol. The van der Waals surface area contributed by atoms with Crippen molar-refractivity contribution in [3.63, 3.8) is 0 Å². The zero-order valence-corrected chi connectivity index (χ0v) is 19.4. The lowest BCUT2D eigenvalue weighted by atomic mass is 9.84. The van der Waals surface area contributed by atoms with Crippen molar-refractivity contribution in [2.75, 3.05) is 19.8 Å². The molecular weight excluding hydrogens is 521 g/mol. The summed E-state index contributed by atoms with van der Waals surface area (Å²) in [7, 11) is -5.21. The van der Waals surface area contributed by atoms with E-state index in [1.165, 1.54) is 0 Å². The second kappa shape index (κ2) is 13.4. The predicted octanol–water partition coefficient (Wildman–Crippen LogP) is -6.19. The number of hydrogen-bond donors (Lipinski definition) is 9. The van der Waals surface area contributed by atoms with Crippen molar-refractivity contribution >= 4 is 20.8 Å². The number of carbonyl (C=O) groups is 2. The van der Waals surface area contributed by atoms with Gasteiger partial charge in [0.05, 0.1) is 19.3 Å². The quantitative estimate of drug-likeness (QED) is 0.0759. The molecule has 0 amide bonds. The van der Waals surface area contributed by atoms with Crippen LogP contribution in [0.1, 0.15) is 0 Å². The van der Waals surface area contributed by atoms with E-state index in [4.69, 9.17) is 19.7 Å². The van der Waals surface area contributed by atoms with Gasteiger partial charge in [-0.05, 0) is 0 Å². The summed E-state index contributed by atoms with van der Waals surface area (Å²) in [4.78, 5) is 30.9. The summed E-state index contributed by atoms with van der Waals surface area (Å²) >= 11 is 0. The number of phosphoric ester groups is 1. The molecule has 2 fully saturated rings. The number of aliphatic hydroxyl groups is 7. The minimum atomic E-state index is -5.21. The molecule has 1 saturated carbocycles. The average Bonchev–Trinajstić information content (AvgIpc) is 2.85. The van der Waals surface area contributed by atoms with Crippen molar-refractivity contribution in [1.82, 2.24) is 0 Å². The number of ether oxygens (including phenoxy) is 4. The average molecular weight is 551 g/mol. The van der Waals surface area contributed by atoms with Crippen LogP contribution in [0.2, 0.25) is 0 Å². The van der Waals surface area contributed by atoms with Crippen molar-refractivity contribution in [2.45, 2.75) is 73.4 Å². The van der Waals surface area contributed by atoms with Gasteiger partial charge in [-0.15, -0.1) is 0 Å². The smallest absolute Gasteiger partial charge is 0.464 e. The molecule has 2 aliphatic rings. The van der Waals surface area contributed by atoms with Crippen LogP contribution >= 0.6 is 7.82 Å². The zero-order valence-electron chi connectivity index (χ0n) is 18.5. The molecule has 0 spiro atoms. The fourth-order valence-electron chi connectivity index (χ4n) is 3.56. The van der Waals surface area contributed by atoms with Crippen LogP contribution in [0.4, 0.5) is 0 Å². The van der Waals surface area contributed by atoms with Gasteiger partial charge in [-0.1, -0.05) is 0 Å². The summed E-state index contributed by atoms with van der Waals surface area (Å²) in [5.74, 6) is 0. The molecule has 1 saturated heterocycles. The van der Waals surface area contributed by atoms with E-state index < -0.39 is 101 Å². The van der Waals surface area contributed by atoms with Crippen LogP contribution in [0.15, 0.2) is 0 Å². The van der Waals surface area contributed by atoms with E-state index in [0.29, 0.717) is 0 Å². The Morgan fingerprint density at radius 3 is 2.06 bits per heavy atom. The lowest BCUT2D eigenvalue weighted by molar-refractivity contribution is -0.315. The molecule has 2 rings (SSSR count). The van der Waals surface area contributed by atoms with E-state index in [1.54, 1.807) is 0 Å². The molecule has 10 N–H and O–H groups in total. The van der Waals surface area contributed by atoms with Crippen LogP contribution in [0, 0.1) is 0 Å². The first kappa shape index (κ1) is 30.9. The third kappa shape index (κ3) is 7.36. The minimum absolute atomic E-state index is 0.0138. The molecule has 0 radical (unpaired) electrons. The first-order chi connectivity index (χ1) is 16.9. The SMILES string of the molecule is N[C@H]1[C@@H](O[C@@H]2[C@@H](O)[C@H](O)[C@@H](O)[C@@H](O)[C@H]2OP(=O)(O)OCC(COC=O)OC=O)O[C@H](CO)[C@@H](O)[C@@H]1O. The van der Waals surface area contributed by atoms with Crippen LogP contribution in [0.25, 0.3) is 0 Å². The van der Waals surface area contributed by atoms with E-state index in [2.05, 4.69) is 14.0 Å². The number of hydrogen-bond acceptors (Lipinski definition) is 17. The molecule has 18 nitrogen and oxygen atoms in total. The van der Waals surface area contributed by atoms with E-state index >= 15 is 0 Å². The number of rotatable bonds is 13. The van der Waals surface area contributed by atoms with Gasteiger partial charge in [-0.25, -0.2) is 4.57 Å². The number of phosphoric acid groups is 1. The van der Waals surface area contributed by atoms with Gasteiger partial charge in [0.25, 0.3) is 12.9 Å². The molecule has 2 unspecified atom stereocenters. The van der Waals surface area contributed by atoms with Crippen molar-refractivity contribution in [2.24, 2.45) is 5.73 Å². The third-order valence-corrected chi connectivity index (χ3v) is 6.53. The van der Waals surface area contributed by atoms with Gasteiger partial charge in [0.2, 0.25) is 0 Å². The Labute approximate surface area is 203 Å². The summed E-state index contributed by atoms with van der Waals surface area (Å²) in [5.41, 5.74) is 5.76. The highest BCUT2D eigenvalue weighted by Crippen LogP contribution is 2.47. The zero-order chi connectivity index (χ0) is 27.2. The molecule has 19 heteroatoms. The molecule has 1 heterocycles. The monoisotopic (exact) mass is 551 g/mol. The van der Waals surface area contributed by atoms with Gasteiger partial charge >= 0.3 is 7.82 Å². The largest absolute Gasteiger partial charge is 0.472 e. The molecule has 1 aliphatic carbocycles. The molecule has 36 heavy (non-hydrogen) atoms. The normalized spacial score (nSPS) is 41.6. The number of carbonyl (C=O) groups excluding carboxylic acids is 2. The minimum Gasteiger partial charge on any atom is -0.464 e. The first-order valence-corrected chi connectivity index (χ1v) is 11.9. The summed E-state index contributed by atoms with van der Waals surface area (Å²) in [6.07, 6.45) is -20.2. The molecule has 0 aromatic rings. The van der Waals surface area contributed by atoms with E-state index in [9.17, 15) is 54.8 Å². The van der Waals surface area contributed by atoms with Crippen molar-refractivity contribution in [3.8, 4) is 0 Å². The maximum Gasteiger partial charge on any atom is 0.472 e. The van der Waals surface area contributed by atoms with Crippen LogP contribution < -0.4 is 5.73 Å². The standard InChI is InChI=1S/C17H30NO17P/c18-8-10(23)9(22)7(1-19)33-17(8)34-15-13(26)11(24)12(25)14(27)16(15)35-36(28,29)32-3-6(31-5-21)2-30-4-20/h4-17,19,22-27H,1-3,18H2,(H,28,29)/t6?,7-,8-,9-,10-,11-,12-,13+,14-,15-,16-,17-/m1/s1. The van der Waals surface area contributed by atoms with E-state index in [1.807, 2.05) is 0 Å². The lowest BCUT2D eigenvalue weighted by Gasteiger charge is -2.47. The van der Waals surface area contributed by atoms with Crippen LogP contribution in [-0.4, -0.2) is 147 Å². The second-order valence-electron chi connectivity index (χ2n) is 7.97. The van der Waals surface area contributed by atoms with Gasteiger partial charge in [-0.3, -0.25) is 18.6 Å². The highest BCUT2D eigenvalue weighted by molar-refractivity contribution is 7.47. The fraction of sp³-hybridized carbons (Fsp3) is 0.882. The second-order valence-corrected chi connectivity index (χ2v) is 9.37. The maximum absolute atomic E-state index is 12.5. The van der Waals surface area contributed by atoms with Crippen molar-refractivity contribution < 1.29 is 82.8 Å². The highest BCUT2D eigenvalue weighted by Gasteiger charge is 2.55. The van der Waals surface area contributed by atoms with E-state index in [0.717, 1.165) is 0 Å². The van der Waals surface area contributed by atoms with Crippen LogP contribution in [-0.2, 0) is 42.1 Å². The summed E-state index contributed by atoms with van der Waals surface area (Å²) in [6.45, 7) is -2.23. The Kier molecular flexibility index (Phi) is 11.5. The molecule has 13 atom stereocenters. The van der Waals surface area contributed by atoms with Crippen LogP contribution in [0.5, 0.6) is 0 Å². The van der Waals surface area contributed by atoms with E-state index in [-0.39, 0.29) is 12.9 Å². The Morgan fingerprint density at radius 1 is 0.889 bits per heavy atom. The van der Waals surface area contributed by atoms with Gasteiger partial charge in [0, 0.05) is 0 Å². The first-order valence-electron chi connectivity index (χ1n) is 10.4. The van der Waals surface area contributed by atoms with Gasteiger partial charge in [-0.2, -0.15) is 0 Å². The number of nitrogens with two attached hydrogens (primary N) is 1. The Bertz CT molecular complexity index is 759. The Morgan fingerprint density at radius 2 is 1.50 bits per heavy atom. The fourth-order valence-corrected chi connectivity index (χ4v) is 4.52. The van der Waals surface area contributed by atoms with Gasteiger partial charge in [0.1, 0.15) is 61.5 Å². The number of aliphatic hydroxyl groups excluding tert-OH is 7. The maximum atomic E-state index is 12.5. The third-order valence-electron chi connectivity index (χ3n) is 5.54. The van der Waals surface area contributed by atoms with Crippen molar-refractivity contribution in [1.29, 1.82) is 0 Å². The van der Waals surface area contributed by atoms with Gasteiger partial charge in [0.15, 0.2) is 12.4 Å². The molecular formula is C17H30NO17P. The van der Waals surface area contributed by atoms with Crippen molar-refractivity contribution in [3.05, 3.63) is 0 Å². The molecule has 0 bridgehead atoms. The summed E-state index contributed by atoms with van der Waals surface area (Å²) in [6, 6.07) is -1.51. The molecule has 0 aromatic heterocycles. The van der Waals surface area contributed by atoms with Crippen LogP contribution in [0.3, 0.4) is 0 Å². The molecule has 0 aromatic carbocycles. The highest BCUT2D eigenvalue weighted by atomic mass is 31.2. The Hall–Kier alpha value is -1.35. The molecule has 210 valence electrons. The Balaban J connectivity index is 2.21.